The van der Waals surface area contributed by atoms with Crippen LogP contribution in [0.15, 0.2) is 42.5 Å². The summed E-state index contributed by atoms with van der Waals surface area (Å²) < 4.78 is 4.56. The van der Waals surface area contributed by atoms with Gasteiger partial charge in [-0.3, -0.25) is 9.59 Å². The van der Waals surface area contributed by atoms with Crippen LogP contribution in [-0.2, 0) is 9.53 Å². The number of rotatable bonds is 6. The van der Waals surface area contributed by atoms with Crippen molar-refractivity contribution in [3.63, 3.8) is 0 Å². The number of methoxy groups -OCH3 is 1. The third-order valence-corrected chi connectivity index (χ3v) is 3.33. The minimum absolute atomic E-state index is 0.0844. The molecule has 0 aliphatic carbocycles. The van der Waals surface area contributed by atoms with Crippen LogP contribution in [0.25, 0.3) is 10.8 Å². The van der Waals surface area contributed by atoms with Gasteiger partial charge in [-0.2, -0.15) is 0 Å². The van der Waals surface area contributed by atoms with Crippen molar-refractivity contribution in [2.24, 2.45) is 0 Å². The Kier molecular flexibility index (Phi) is 5.32. The van der Waals surface area contributed by atoms with E-state index in [1.165, 1.54) is 7.11 Å². The molecule has 0 atom stereocenters. The van der Waals surface area contributed by atoms with Crippen LogP contribution in [0.2, 0.25) is 0 Å². The first-order chi connectivity index (χ1) is 10.2. The molecule has 4 nitrogen and oxygen atoms in total. The lowest BCUT2D eigenvalue weighted by Gasteiger charge is -2.06. The molecular weight excluding hydrogens is 266 g/mol. The van der Waals surface area contributed by atoms with Crippen LogP contribution >= 0.6 is 0 Å². The molecule has 1 amide bonds. The SMILES string of the molecule is COC(=O)CCCCNC(=O)c1ccc2ccccc2c1. The molecule has 2 rings (SSSR count). The van der Waals surface area contributed by atoms with Gasteiger partial charge in [0.15, 0.2) is 0 Å². The van der Waals surface area contributed by atoms with Crippen LogP contribution in [0.4, 0.5) is 0 Å². The second-order valence-electron chi connectivity index (χ2n) is 4.85. The molecule has 0 radical (unpaired) electrons. The van der Waals surface area contributed by atoms with Gasteiger partial charge < -0.3 is 10.1 Å². The Morgan fingerprint density at radius 1 is 1.05 bits per heavy atom. The highest BCUT2D eigenvalue weighted by Gasteiger charge is 2.06. The van der Waals surface area contributed by atoms with E-state index in [-0.39, 0.29) is 11.9 Å². The van der Waals surface area contributed by atoms with Gasteiger partial charge in [0.1, 0.15) is 0 Å². The largest absolute Gasteiger partial charge is 0.469 e. The maximum atomic E-state index is 12.0. The lowest BCUT2D eigenvalue weighted by atomic mass is 10.1. The summed E-state index contributed by atoms with van der Waals surface area (Å²) in [6.45, 7) is 0.558. The smallest absolute Gasteiger partial charge is 0.305 e. The maximum absolute atomic E-state index is 12.0. The minimum Gasteiger partial charge on any atom is -0.469 e. The molecule has 0 spiro atoms. The Balaban J connectivity index is 1.83. The first-order valence-electron chi connectivity index (χ1n) is 7.04. The van der Waals surface area contributed by atoms with E-state index in [9.17, 15) is 9.59 Å². The molecule has 4 heteroatoms. The van der Waals surface area contributed by atoms with Crippen molar-refractivity contribution in [2.75, 3.05) is 13.7 Å². The molecule has 0 heterocycles. The normalized spacial score (nSPS) is 10.3. The van der Waals surface area contributed by atoms with E-state index < -0.39 is 0 Å². The topological polar surface area (TPSA) is 55.4 Å². The number of benzene rings is 2. The first kappa shape index (κ1) is 15.0. The predicted octanol–water partition coefficient (Wildman–Crippen LogP) is 2.91. The molecule has 0 fully saturated rings. The zero-order chi connectivity index (χ0) is 15.1. The van der Waals surface area contributed by atoms with Crippen LogP contribution in [0.1, 0.15) is 29.6 Å². The van der Waals surface area contributed by atoms with Crippen molar-refractivity contribution < 1.29 is 14.3 Å². The lowest BCUT2D eigenvalue weighted by molar-refractivity contribution is -0.140. The van der Waals surface area contributed by atoms with Crippen molar-refractivity contribution in [3.05, 3.63) is 48.0 Å². The van der Waals surface area contributed by atoms with E-state index in [2.05, 4.69) is 10.1 Å². The summed E-state index contributed by atoms with van der Waals surface area (Å²) in [5.74, 6) is -0.297. The summed E-state index contributed by atoms with van der Waals surface area (Å²) >= 11 is 0. The standard InChI is InChI=1S/C17H19NO3/c1-21-16(19)8-4-5-11-18-17(20)15-10-9-13-6-2-3-7-14(13)12-15/h2-3,6-7,9-10,12H,4-5,8,11H2,1H3,(H,18,20). The summed E-state index contributed by atoms with van der Waals surface area (Å²) in [5, 5.41) is 5.03. The Morgan fingerprint density at radius 2 is 1.81 bits per heavy atom. The maximum Gasteiger partial charge on any atom is 0.305 e. The van der Waals surface area contributed by atoms with E-state index in [1.54, 1.807) is 0 Å². The molecule has 21 heavy (non-hydrogen) atoms. The number of hydrogen-bond donors (Lipinski definition) is 1. The molecular formula is C17H19NO3. The molecule has 2 aromatic rings. The summed E-state index contributed by atoms with van der Waals surface area (Å²) in [7, 11) is 1.38. The zero-order valence-electron chi connectivity index (χ0n) is 12.1. The fourth-order valence-electron chi connectivity index (χ4n) is 2.13. The van der Waals surface area contributed by atoms with Crippen molar-refractivity contribution >= 4 is 22.6 Å². The lowest BCUT2D eigenvalue weighted by Crippen LogP contribution is -2.24. The number of hydrogen-bond acceptors (Lipinski definition) is 3. The van der Waals surface area contributed by atoms with Crippen LogP contribution < -0.4 is 5.32 Å². The highest BCUT2D eigenvalue weighted by molar-refractivity contribution is 5.98. The van der Waals surface area contributed by atoms with Crippen molar-refractivity contribution in [1.82, 2.24) is 5.32 Å². The molecule has 0 aliphatic rings. The van der Waals surface area contributed by atoms with Gasteiger partial charge in [0.25, 0.3) is 5.91 Å². The van der Waals surface area contributed by atoms with E-state index in [4.69, 9.17) is 0 Å². The van der Waals surface area contributed by atoms with Crippen LogP contribution in [0, 0.1) is 0 Å². The Hall–Kier alpha value is -2.36. The van der Waals surface area contributed by atoms with Crippen molar-refractivity contribution in [2.45, 2.75) is 19.3 Å². The highest BCUT2D eigenvalue weighted by atomic mass is 16.5. The van der Waals surface area contributed by atoms with Gasteiger partial charge in [0, 0.05) is 18.5 Å². The number of ether oxygens (including phenoxy) is 1. The van der Waals surface area contributed by atoms with Crippen LogP contribution in [0.3, 0.4) is 0 Å². The third kappa shape index (κ3) is 4.31. The van der Waals surface area contributed by atoms with E-state index in [1.807, 2.05) is 42.5 Å². The van der Waals surface area contributed by atoms with Gasteiger partial charge in [0.05, 0.1) is 7.11 Å². The van der Waals surface area contributed by atoms with Gasteiger partial charge >= 0.3 is 5.97 Å². The molecule has 1 N–H and O–H groups in total. The second-order valence-corrected chi connectivity index (χ2v) is 4.85. The third-order valence-electron chi connectivity index (χ3n) is 3.33. The van der Waals surface area contributed by atoms with Crippen LogP contribution in [-0.4, -0.2) is 25.5 Å². The van der Waals surface area contributed by atoms with Crippen molar-refractivity contribution in [1.29, 1.82) is 0 Å². The molecule has 110 valence electrons. The van der Waals surface area contributed by atoms with E-state index >= 15 is 0 Å². The van der Waals surface area contributed by atoms with Gasteiger partial charge in [-0.25, -0.2) is 0 Å². The number of fused-ring (bicyclic) bond motifs is 1. The van der Waals surface area contributed by atoms with E-state index in [0.29, 0.717) is 24.9 Å². The number of carbonyl (C=O) groups is 2. The van der Waals surface area contributed by atoms with Crippen LogP contribution in [0.5, 0.6) is 0 Å². The fourth-order valence-corrected chi connectivity index (χ4v) is 2.13. The number of esters is 1. The number of amides is 1. The molecule has 2 aromatic carbocycles. The summed E-state index contributed by atoms with van der Waals surface area (Å²) in [6.07, 6.45) is 1.86. The Morgan fingerprint density at radius 3 is 2.57 bits per heavy atom. The van der Waals surface area contributed by atoms with Crippen molar-refractivity contribution in [3.8, 4) is 0 Å². The average Bonchev–Trinajstić information content (AvgIpc) is 2.53. The van der Waals surface area contributed by atoms with Gasteiger partial charge in [-0.05, 0) is 35.7 Å². The number of nitrogens with one attached hydrogen (secondary N) is 1. The molecule has 0 aromatic heterocycles. The van der Waals surface area contributed by atoms with Gasteiger partial charge in [-0.1, -0.05) is 30.3 Å². The molecule has 0 saturated carbocycles. The average molecular weight is 285 g/mol. The number of unbranched alkanes of at least 4 members (excludes halogenated alkanes) is 1. The molecule has 0 unspecified atom stereocenters. The minimum atomic E-state index is -0.212. The monoisotopic (exact) mass is 285 g/mol. The first-order valence-corrected chi connectivity index (χ1v) is 7.04. The summed E-state index contributed by atoms with van der Waals surface area (Å²) in [6, 6.07) is 13.6. The van der Waals surface area contributed by atoms with E-state index in [0.717, 1.165) is 17.2 Å². The Bertz CT molecular complexity index is 637. The summed E-state index contributed by atoms with van der Waals surface area (Å²) in [4.78, 5) is 23.0. The highest BCUT2D eigenvalue weighted by Crippen LogP contribution is 2.15. The summed E-state index contributed by atoms with van der Waals surface area (Å²) in [5.41, 5.74) is 0.654. The fraction of sp³-hybridized carbons (Fsp3) is 0.294. The zero-order valence-corrected chi connectivity index (χ0v) is 12.1. The Labute approximate surface area is 124 Å². The quantitative estimate of drug-likeness (QED) is 0.656. The molecule has 0 saturated heterocycles. The van der Waals surface area contributed by atoms with Gasteiger partial charge in [-0.15, -0.1) is 0 Å². The molecule has 0 bridgehead atoms. The predicted molar refractivity (Wildman–Crippen MR) is 82.1 cm³/mol. The molecule has 0 aliphatic heterocycles. The van der Waals surface area contributed by atoms with Gasteiger partial charge in [0.2, 0.25) is 0 Å². The second kappa shape index (κ2) is 7.43. The number of carbonyl (C=O) groups excluding carboxylic acids is 2.